The summed E-state index contributed by atoms with van der Waals surface area (Å²) in [6, 6.07) is 0.839. The fraction of sp³-hybridized carbons (Fsp3) is 0.882. The third kappa shape index (κ3) is 2.63. The summed E-state index contributed by atoms with van der Waals surface area (Å²) in [4.78, 5) is 7.34. The van der Waals surface area contributed by atoms with Crippen molar-refractivity contribution >= 4 is 0 Å². The Labute approximate surface area is 127 Å². The third-order valence-electron chi connectivity index (χ3n) is 6.29. The maximum absolute atomic E-state index is 4.57. The van der Waals surface area contributed by atoms with Crippen LogP contribution in [0.15, 0.2) is 0 Å². The molecule has 2 atom stereocenters. The molecule has 3 fully saturated rings. The van der Waals surface area contributed by atoms with Gasteiger partial charge in [-0.15, -0.1) is 0 Å². The summed E-state index contributed by atoms with van der Waals surface area (Å²) in [5.74, 6) is 2.54. The molecular weight excluding hydrogens is 260 g/mol. The maximum Gasteiger partial charge on any atom is 0.155 e. The molecular formula is C17H28N4. The van der Waals surface area contributed by atoms with Crippen molar-refractivity contribution in [3.05, 3.63) is 11.6 Å². The lowest BCUT2D eigenvalue weighted by Gasteiger charge is -2.36. The number of nitrogens with one attached hydrogen (secondary N) is 1. The Balaban J connectivity index is 1.42. The molecule has 116 valence electrons. The van der Waals surface area contributed by atoms with E-state index in [1.54, 1.807) is 0 Å². The lowest BCUT2D eigenvalue weighted by Crippen LogP contribution is -2.41. The number of H-pyrrole nitrogens is 1. The first-order chi connectivity index (χ1) is 10.2. The summed E-state index contributed by atoms with van der Waals surface area (Å²) in [5.41, 5.74) is 0.735. The predicted molar refractivity (Wildman–Crippen MR) is 83.2 cm³/mol. The van der Waals surface area contributed by atoms with Gasteiger partial charge in [-0.3, -0.25) is 10.00 Å². The van der Waals surface area contributed by atoms with Crippen molar-refractivity contribution < 1.29 is 0 Å². The number of aromatic nitrogens is 3. The van der Waals surface area contributed by atoms with Crippen molar-refractivity contribution in [2.75, 3.05) is 13.1 Å². The molecule has 2 heterocycles. The first-order valence-corrected chi connectivity index (χ1v) is 8.87. The highest BCUT2D eigenvalue weighted by atomic mass is 15.2. The van der Waals surface area contributed by atoms with Crippen molar-refractivity contribution in [2.24, 2.45) is 5.41 Å². The fourth-order valence-electron chi connectivity index (χ4n) is 5.16. The average Bonchev–Trinajstić information content (AvgIpc) is 3.23. The van der Waals surface area contributed by atoms with Crippen molar-refractivity contribution in [1.29, 1.82) is 0 Å². The van der Waals surface area contributed by atoms with Crippen LogP contribution in [-0.2, 0) is 0 Å². The van der Waals surface area contributed by atoms with Crippen molar-refractivity contribution in [1.82, 2.24) is 20.1 Å². The van der Waals surface area contributed by atoms with Crippen molar-refractivity contribution in [3.8, 4) is 0 Å². The first kappa shape index (κ1) is 13.7. The van der Waals surface area contributed by atoms with E-state index >= 15 is 0 Å². The van der Waals surface area contributed by atoms with Gasteiger partial charge in [0, 0.05) is 18.5 Å². The van der Waals surface area contributed by atoms with Crippen LogP contribution in [0.25, 0.3) is 0 Å². The molecule has 1 spiro atoms. The van der Waals surface area contributed by atoms with Gasteiger partial charge in [0.05, 0.1) is 0 Å². The fourth-order valence-corrected chi connectivity index (χ4v) is 5.16. The molecule has 4 nitrogen and oxygen atoms in total. The van der Waals surface area contributed by atoms with Gasteiger partial charge in [-0.25, -0.2) is 4.98 Å². The van der Waals surface area contributed by atoms with Crippen LogP contribution < -0.4 is 0 Å². The molecule has 0 radical (unpaired) electrons. The SMILES string of the molecule is Cc1nc(C2CCCN(C3CCC4(CCCC4)C3)C2)n[nH]1. The minimum atomic E-state index is 0.545. The van der Waals surface area contributed by atoms with E-state index in [2.05, 4.69) is 20.1 Å². The Bertz CT molecular complexity index is 489. The van der Waals surface area contributed by atoms with E-state index < -0.39 is 0 Å². The minimum absolute atomic E-state index is 0.545. The normalized spacial score (nSPS) is 33.0. The van der Waals surface area contributed by atoms with E-state index in [1.807, 2.05) is 6.92 Å². The average molecular weight is 288 g/mol. The monoisotopic (exact) mass is 288 g/mol. The number of nitrogens with zero attached hydrogens (tertiary/aromatic N) is 3. The standard InChI is InChI=1S/C17H28N4/c1-13-18-16(20-19-13)14-5-4-10-21(12-14)15-6-9-17(11-15)7-2-3-8-17/h14-15H,2-12H2,1H3,(H,18,19,20). The second-order valence-electron chi connectivity index (χ2n) is 7.72. The van der Waals surface area contributed by atoms with Crippen LogP contribution in [0.4, 0.5) is 0 Å². The molecule has 1 aromatic rings. The number of likely N-dealkylation sites (tertiary alicyclic amines) is 1. The molecule has 21 heavy (non-hydrogen) atoms. The van der Waals surface area contributed by atoms with Gasteiger partial charge in [0.25, 0.3) is 0 Å². The van der Waals surface area contributed by atoms with E-state index in [0.717, 1.165) is 23.1 Å². The van der Waals surface area contributed by atoms with Crippen LogP contribution in [-0.4, -0.2) is 39.2 Å². The van der Waals surface area contributed by atoms with Gasteiger partial charge in [-0.05, 0) is 63.8 Å². The Hall–Kier alpha value is -0.900. The zero-order valence-corrected chi connectivity index (χ0v) is 13.3. The van der Waals surface area contributed by atoms with Gasteiger partial charge in [0.1, 0.15) is 5.82 Å². The van der Waals surface area contributed by atoms with Crippen LogP contribution in [0.1, 0.15) is 75.4 Å². The zero-order chi connectivity index (χ0) is 14.3. The van der Waals surface area contributed by atoms with E-state index in [-0.39, 0.29) is 0 Å². The third-order valence-corrected chi connectivity index (χ3v) is 6.29. The smallest absolute Gasteiger partial charge is 0.155 e. The van der Waals surface area contributed by atoms with Crippen LogP contribution >= 0.6 is 0 Å². The Kier molecular flexibility index (Phi) is 3.52. The molecule has 0 aromatic carbocycles. The lowest BCUT2D eigenvalue weighted by atomic mass is 9.84. The summed E-state index contributed by atoms with van der Waals surface area (Å²) in [5, 5.41) is 7.42. The van der Waals surface area contributed by atoms with Crippen LogP contribution in [0.3, 0.4) is 0 Å². The number of piperidine rings is 1. The number of rotatable bonds is 2. The number of hydrogen-bond acceptors (Lipinski definition) is 3. The largest absolute Gasteiger partial charge is 0.300 e. The first-order valence-electron chi connectivity index (χ1n) is 8.87. The van der Waals surface area contributed by atoms with E-state index in [0.29, 0.717) is 5.92 Å². The summed E-state index contributed by atoms with van der Waals surface area (Å²) >= 11 is 0. The summed E-state index contributed by atoms with van der Waals surface area (Å²) in [7, 11) is 0. The number of aryl methyl sites for hydroxylation is 1. The molecule has 3 aliphatic rings. The highest BCUT2D eigenvalue weighted by molar-refractivity contribution is 5.02. The lowest BCUT2D eigenvalue weighted by molar-refractivity contribution is 0.136. The molecule has 4 rings (SSSR count). The highest BCUT2D eigenvalue weighted by Gasteiger charge is 2.43. The second kappa shape index (κ2) is 5.38. The zero-order valence-electron chi connectivity index (χ0n) is 13.3. The maximum atomic E-state index is 4.57. The summed E-state index contributed by atoms with van der Waals surface area (Å²) < 4.78 is 0. The molecule has 1 aliphatic heterocycles. The van der Waals surface area contributed by atoms with Crippen molar-refractivity contribution in [2.45, 2.75) is 76.7 Å². The van der Waals surface area contributed by atoms with Gasteiger partial charge in [0.15, 0.2) is 5.82 Å². The predicted octanol–water partition coefficient (Wildman–Crippen LogP) is 3.41. The van der Waals surface area contributed by atoms with E-state index in [9.17, 15) is 0 Å². The van der Waals surface area contributed by atoms with Gasteiger partial charge in [-0.2, -0.15) is 5.10 Å². The van der Waals surface area contributed by atoms with E-state index in [4.69, 9.17) is 0 Å². The molecule has 0 bridgehead atoms. The molecule has 2 unspecified atom stereocenters. The molecule has 4 heteroatoms. The number of aromatic amines is 1. The molecule has 0 amide bonds. The van der Waals surface area contributed by atoms with Gasteiger partial charge in [-0.1, -0.05) is 12.8 Å². The van der Waals surface area contributed by atoms with Gasteiger partial charge in [0.2, 0.25) is 0 Å². The van der Waals surface area contributed by atoms with Crippen LogP contribution in [0.5, 0.6) is 0 Å². The molecule has 1 aromatic heterocycles. The molecule has 1 saturated heterocycles. The summed E-state index contributed by atoms with van der Waals surface area (Å²) in [6.07, 6.45) is 12.9. The highest BCUT2D eigenvalue weighted by Crippen LogP contribution is 2.52. The minimum Gasteiger partial charge on any atom is -0.300 e. The molecule has 2 aliphatic carbocycles. The molecule has 1 N–H and O–H groups in total. The Morgan fingerprint density at radius 3 is 2.76 bits per heavy atom. The van der Waals surface area contributed by atoms with Crippen LogP contribution in [0.2, 0.25) is 0 Å². The van der Waals surface area contributed by atoms with Gasteiger partial charge < -0.3 is 0 Å². The topological polar surface area (TPSA) is 44.8 Å². The van der Waals surface area contributed by atoms with Crippen LogP contribution in [0, 0.1) is 12.3 Å². The quantitative estimate of drug-likeness (QED) is 0.907. The Morgan fingerprint density at radius 1 is 1.14 bits per heavy atom. The van der Waals surface area contributed by atoms with Gasteiger partial charge >= 0.3 is 0 Å². The second-order valence-corrected chi connectivity index (χ2v) is 7.72. The van der Waals surface area contributed by atoms with E-state index in [1.165, 1.54) is 70.9 Å². The Morgan fingerprint density at radius 2 is 2.00 bits per heavy atom. The molecule has 2 saturated carbocycles. The number of hydrogen-bond donors (Lipinski definition) is 1. The van der Waals surface area contributed by atoms with Crippen molar-refractivity contribution in [3.63, 3.8) is 0 Å². The summed E-state index contributed by atoms with van der Waals surface area (Å²) in [6.45, 7) is 4.47.